The molecule has 1 aromatic heterocycles. The van der Waals surface area contributed by atoms with Gasteiger partial charge in [-0.1, -0.05) is 18.2 Å². The van der Waals surface area contributed by atoms with Crippen LogP contribution in [0.3, 0.4) is 0 Å². The standard InChI is InChI=1S/C13H9F3N4/c14-13(15,16)10-4-2-1-3-9(10)11-6-5-8(7-17)12(19-11)20-18/h1-6H,18H2,(H,19,20). The van der Waals surface area contributed by atoms with Gasteiger partial charge in [0.05, 0.1) is 16.8 Å². The fourth-order valence-electron chi connectivity index (χ4n) is 1.76. The van der Waals surface area contributed by atoms with E-state index < -0.39 is 11.7 Å². The highest BCUT2D eigenvalue weighted by Gasteiger charge is 2.33. The number of pyridine rings is 1. The van der Waals surface area contributed by atoms with Crippen LogP contribution < -0.4 is 11.3 Å². The topological polar surface area (TPSA) is 74.7 Å². The van der Waals surface area contributed by atoms with Crippen molar-refractivity contribution in [2.75, 3.05) is 5.43 Å². The highest BCUT2D eigenvalue weighted by atomic mass is 19.4. The minimum Gasteiger partial charge on any atom is -0.307 e. The summed E-state index contributed by atoms with van der Waals surface area (Å²) in [4.78, 5) is 3.95. The van der Waals surface area contributed by atoms with E-state index >= 15 is 0 Å². The number of nitriles is 1. The molecule has 20 heavy (non-hydrogen) atoms. The van der Waals surface area contributed by atoms with Crippen LogP contribution in [0.15, 0.2) is 36.4 Å². The summed E-state index contributed by atoms with van der Waals surface area (Å²) in [5.74, 6) is 5.24. The maximum Gasteiger partial charge on any atom is 0.417 e. The van der Waals surface area contributed by atoms with E-state index in [2.05, 4.69) is 10.4 Å². The second-order valence-electron chi connectivity index (χ2n) is 3.89. The van der Waals surface area contributed by atoms with Gasteiger partial charge in [0, 0.05) is 5.56 Å². The zero-order valence-electron chi connectivity index (χ0n) is 10.1. The summed E-state index contributed by atoms with van der Waals surface area (Å²) in [5, 5.41) is 8.83. The van der Waals surface area contributed by atoms with Crippen molar-refractivity contribution in [2.24, 2.45) is 5.84 Å². The van der Waals surface area contributed by atoms with Crippen LogP contribution in [0.25, 0.3) is 11.3 Å². The predicted molar refractivity (Wildman–Crippen MR) is 67.2 cm³/mol. The van der Waals surface area contributed by atoms with Crippen molar-refractivity contribution in [3.63, 3.8) is 0 Å². The number of nitrogens with one attached hydrogen (secondary N) is 1. The molecule has 102 valence electrons. The number of rotatable bonds is 2. The Kier molecular flexibility index (Phi) is 3.59. The van der Waals surface area contributed by atoms with Crippen molar-refractivity contribution < 1.29 is 13.2 Å². The number of nitrogens with zero attached hydrogens (tertiary/aromatic N) is 2. The van der Waals surface area contributed by atoms with Crippen molar-refractivity contribution in [1.29, 1.82) is 5.26 Å². The Morgan fingerprint density at radius 1 is 1.15 bits per heavy atom. The van der Waals surface area contributed by atoms with Crippen LogP contribution in [0.5, 0.6) is 0 Å². The van der Waals surface area contributed by atoms with Crippen LogP contribution >= 0.6 is 0 Å². The van der Waals surface area contributed by atoms with E-state index in [0.29, 0.717) is 0 Å². The van der Waals surface area contributed by atoms with E-state index in [0.717, 1.165) is 6.07 Å². The SMILES string of the molecule is N#Cc1ccc(-c2ccccc2C(F)(F)F)nc1NN. The molecular formula is C13H9F3N4. The van der Waals surface area contributed by atoms with Crippen LogP contribution in [-0.2, 0) is 6.18 Å². The highest BCUT2D eigenvalue weighted by molar-refractivity contribution is 5.68. The molecular weight excluding hydrogens is 269 g/mol. The zero-order chi connectivity index (χ0) is 14.8. The van der Waals surface area contributed by atoms with E-state index in [-0.39, 0.29) is 22.6 Å². The van der Waals surface area contributed by atoms with Gasteiger partial charge in [-0.05, 0) is 18.2 Å². The normalized spacial score (nSPS) is 10.9. The van der Waals surface area contributed by atoms with Gasteiger partial charge < -0.3 is 5.43 Å². The number of hydrogen-bond acceptors (Lipinski definition) is 4. The molecule has 2 rings (SSSR count). The molecule has 0 bridgehead atoms. The third kappa shape index (κ3) is 2.55. The third-order valence-electron chi connectivity index (χ3n) is 2.66. The molecule has 0 aliphatic heterocycles. The Morgan fingerprint density at radius 3 is 2.45 bits per heavy atom. The first-order valence-corrected chi connectivity index (χ1v) is 5.51. The van der Waals surface area contributed by atoms with Gasteiger partial charge in [0.2, 0.25) is 0 Å². The molecule has 0 saturated heterocycles. The number of halogens is 3. The smallest absolute Gasteiger partial charge is 0.307 e. The Morgan fingerprint density at radius 2 is 1.85 bits per heavy atom. The summed E-state index contributed by atoms with van der Waals surface area (Å²) in [6, 6.07) is 9.64. The number of anilines is 1. The molecule has 0 fully saturated rings. The van der Waals surface area contributed by atoms with Gasteiger partial charge in [0.1, 0.15) is 6.07 Å². The van der Waals surface area contributed by atoms with Crippen molar-refractivity contribution in [2.45, 2.75) is 6.18 Å². The Hall–Kier alpha value is -2.59. The molecule has 4 nitrogen and oxygen atoms in total. The molecule has 0 saturated carbocycles. The molecule has 1 aromatic carbocycles. The maximum absolute atomic E-state index is 12.9. The fraction of sp³-hybridized carbons (Fsp3) is 0.0769. The van der Waals surface area contributed by atoms with Crippen molar-refractivity contribution in [1.82, 2.24) is 4.98 Å². The quantitative estimate of drug-likeness (QED) is 0.654. The Balaban J connectivity index is 2.61. The monoisotopic (exact) mass is 278 g/mol. The van der Waals surface area contributed by atoms with Crippen molar-refractivity contribution in [3.8, 4) is 17.3 Å². The molecule has 0 radical (unpaired) electrons. The van der Waals surface area contributed by atoms with Gasteiger partial charge in [-0.2, -0.15) is 18.4 Å². The number of nitrogens with two attached hydrogens (primary N) is 1. The number of nitrogen functional groups attached to an aromatic ring is 1. The van der Waals surface area contributed by atoms with E-state index in [1.165, 1.54) is 30.3 Å². The van der Waals surface area contributed by atoms with E-state index in [4.69, 9.17) is 11.1 Å². The molecule has 0 atom stereocenters. The first-order valence-electron chi connectivity index (χ1n) is 5.51. The lowest BCUT2D eigenvalue weighted by Crippen LogP contribution is -2.11. The molecule has 2 aromatic rings. The second kappa shape index (κ2) is 5.19. The summed E-state index contributed by atoms with van der Waals surface area (Å²) in [6.45, 7) is 0. The zero-order valence-corrected chi connectivity index (χ0v) is 10.1. The predicted octanol–water partition coefficient (Wildman–Crippen LogP) is 2.92. The van der Waals surface area contributed by atoms with Crippen LogP contribution in [-0.4, -0.2) is 4.98 Å². The Bertz CT molecular complexity index is 674. The van der Waals surface area contributed by atoms with E-state index in [1.54, 1.807) is 0 Å². The van der Waals surface area contributed by atoms with Crippen LogP contribution in [0.1, 0.15) is 11.1 Å². The minimum atomic E-state index is -4.48. The average molecular weight is 278 g/mol. The van der Waals surface area contributed by atoms with Gasteiger partial charge in [0.15, 0.2) is 5.82 Å². The summed E-state index contributed by atoms with van der Waals surface area (Å²) >= 11 is 0. The molecule has 3 N–H and O–H groups in total. The summed E-state index contributed by atoms with van der Waals surface area (Å²) in [6.07, 6.45) is -4.48. The lowest BCUT2D eigenvalue weighted by Gasteiger charge is -2.13. The minimum absolute atomic E-state index is 0.0296. The summed E-state index contributed by atoms with van der Waals surface area (Å²) in [5.41, 5.74) is 1.58. The first-order chi connectivity index (χ1) is 9.47. The number of benzene rings is 1. The van der Waals surface area contributed by atoms with E-state index in [1.807, 2.05) is 6.07 Å². The van der Waals surface area contributed by atoms with Crippen LogP contribution in [0, 0.1) is 11.3 Å². The number of alkyl halides is 3. The van der Waals surface area contributed by atoms with Gasteiger partial charge in [-0.15, -0.1) is 0 Å². The largest absolute Gasteiger partial charge is 0.417 e. The van der Waals surface area contributed by atoms with E-state index in [9.17, 15) is 13.2 Å². The molecule has 0 aliphatic rings. The first kappa shape index (κ1) is 13.8. The molecule has 1 heterocycles. The lowest BCUT2D eigenvalue weighted by molar-refractivity contribution is -0.137. The van der Waals surface area contributed by atoms with Gasteiger partial charge in [0.25, 0.3) is 0 Å². The fourth-order valence-corrected chi connectivity index (χ4v) is 1.76. The molecule has 0 spiro atoms. The van der Waals surface area contributed by atoms with Crippen molar-refractivity contribution in [3.05, 3.63) is 47.5 Å². The molecule has 0 unspecified atom stereocenters. The third-order valence-corrected chi connectivity index (χ3v) is 2.66. The van der Waals surface area contributed by atoms with Crippen LogP contribution in [0.2, 0.25) is 0 Å². The van der Waals surface area contributed by atoms with Crippen LogP contribution in [0.4, 0.5) is 19.0 Å². The van der Waals surface area contributed by atoms with Crippen molar-refractivity contribution >= 4 is 5.82 Å². The molecule has 0 amide bonds. The number of aromatic nitrogens is 1. The second-order valence-corrected chi connectivity index (χ2v) is 3.89. The van der Waals surface area contributed by atoms with Gasteiger partial charge >= 0.3 is 6.18 Å². The van der Waals surface area contributed by atoms with Gasteiger partial charge in [-0.25, -0.2) is 10.8 Å². The summed E-state index contributed by atoms with van der Waals surface area (Å²) in [7, 11) is 0. The number of hydrogen-bond donors (Lipinski definition) is 2. The molecule has 0 aliphatic carbocycles. The average Bonchev–Trinajstić information content (AvgIpc) is 2.45. The Labute approximate surface area is 112 Å². The highest BCUT2D eigenvalue weighted by Crippen LogP contribution is 2.36. The lowest BCUT2D eigenvalue weighted by atomic mass is 10.0. The van der Waals surface area contributed by atoms with Gasteiger partial charge in [-0.3, -0.25) is 0 Å². The number of hydrazine groups is 1. The summed E-state index contributed by atoms with van der Waals surface area (Å²) < 4.78 is 38.8. The maximum atomic E-state index is 12.9. The molecule has 7 heteroatoms.